The Labute approximate surface area is 65.9 Å². The van der Waals surface area contributed by atoms with Gasteiger partial charge in [0.25, 0.3) is 0 Å². The van der Waals surface area contributed by atoms with Gasteiger partial charge in [-0.15, -0.1) is 0 Å². The maximum Gasteiger partial charge on any atom is 0.220 e. The quantitative estimate of drug-likeness (QED) is 0.578. The second-order valence-electron chi connectivity index (χ2n) is 2.51. The molecule has 1 atom stereocenters. The molecule has 0 aromatic carbocycles. The van der Waals surface area contributed by atoms with Crippen LogP contribution in [0.2, 0.25) is 0 Å². The third kappa shape index (κ3) is 4.36. The van der Waals surface area contributed by atoms with E-state index in [1.54, 1.807) is 0 Å². The number of rotatable bonds is 5. The fraction of sp³-hybridized carbons (Fsp3) is 0.714. The van der Waals surface area contributed by atoms with E-state index in [4.69, 9.17) is 11.5 Å². The highest BCUT2D eigenvalue weighted by Crippen LogP contribution is 2.08. The van der Waals surface area contributed by atoms with Gasteiger partial charge in [-0.3, -0.25) is 9.59 Å². The molecule has 0 heterocycles. The zero-order valence-electron chi connectivity index (χ0n) is 6.67. The van der Waals surface area contributed by atoms with Crippen LogP contribution in [0.15, 0.2) is 0 Å². The lowest BCUT2D eigenvalue weighted by molar-refractivity contribution is -0.122. The normalized spacial score (nSPS) is 12.5. The van der Waals surface area contributed by atoms with Crippen LogP contribution in [-0.2, 0) is 9.59 Å². The molecule has 0 fully saturated rings. The molecular formula is C7H14N2O2. The molecule has 4 nitrogen and oxygen atoms in total. The monoisotopic (exact) mass is 158 g/mol. The van der Waals surface area contributed by atoms with Crippen molar-refractivity contribution in [3.8, 4) is 0 Å². The Balaban J connectivity index is 3.70. The Bertz CT molecular complexity index is 157. The Kier molecular flexibility index (Phi) is 4.26. The van der Waals surface area contributed by atoms with Gasteiger partial charge in [0.15, 0.2) is 0 Å². The van der Waals surface area contributed by atoms with Crippen LogP contribution in [0.3, 0.4) is 0 Å². The van der Waals surface area contributed by atoms with Gasteiger partial charge in [0.05, 0.1) is 0 Å². The average Bonchev–Trinajstić information content (AvgIpc) is 1.87. The fourth-order valence-corrected chi connectivity index (χ4v) is 0.864. The van der Waals surface area contributed by atoms with Crippen molar-refractivity contribution in [2.24, 2.45) is 17.4 Å². The van der Waals surface area contributed by atoms with Gasteiger partial charge in [0.1, 0.15) is 0 Å². The number of amides is 2. The van der Waals surface area contributed by atoms with E-state index in [0.717, 1.165) is 0 Å². The standard InChI is InChI=1S/C7H14N2O2/c1-2-5(7(9)11)3-4-6(8)10/h5H,2-4H2,1H3,(H2,8,10)(H2,9,11). The molecule has 0 radical (unpaired) electrons. The highest BCUT2D eigenvalue weighted by atomic mass is 16.1. The molecule has 0 rings (SSSR count). The highest BCUT2D eigenvalue weighted by Gasteiger charge is 2.12. The van der Waals surface area contributed by atoms with Crippen molar-refractivity contribution < 1.29 is 9.59 Å². The minimum Gasteiger partial charge on any atom is -0.370 e. The van der Waals surface area contributed by atoms with Crippen LogP contribution in [0, 0.1) is 5.92 Å². The van der Waals surface area contributed by atoms with Crippen molar-refractivity contribution in [2.75, 3.05) is 0 Å². The van der Waals surface area contributed by atoms with E-state index in [1.165, 1.54) is 0 Å². The van der Waals surface area contributed by atoms with E-state index >= 15 is 0 Å². The van der Waals surface area contributed by atoms with E-state index < -0.39 is 0 Å². The summed E-state index contributed by atoms with van der Waals surface area (Å²) in [6.07, 6.45) is 1.38. The summed E-state index contributed by atoms with van der Waals surface area (Å²) in [7, 11) is 0. The van der Waals surface area contributed by atoms with Crippen LogP contribution < -0.4 is 11.5 Å². The van der Waals surface area contributed by atoms with E-state index in [-0.39, 0.29) is 24.2 Å². The van der Waals surface area contributed by atoms with Crippen LogP contribution in [-0.4, -0.2) is 11.8 Å². The summed E-state index contributed by atoms with van der Waals surface area (Å²) in [6.45, 7) is 1.86. The minimum absolute atomic E-state index is 0.206. The van der Waals surface area contributed by atoms with Crippen LogP contribution in [0.1, 0.15) is 26.2 Å². The molecule has 0 aliphatic rings. The lowest BCUT2D eigenvalue weighted by Crippen LogP contribution is -2.24. The Morgan fingerprint density at radius 2 is 1.91 bits per heavy atom. The molecule has 0 aliphatic heterocycles. The smallest absolute Gasteiger partial charge is 0.220 e. The first kappa shape index (κ1) is 9.94. The first-order valence-electron chi connectivity index (χ1n) is 3.65. The molecule has 1 unspecified atom stereocenters. The van der Waals surface area contributed by atoms with Crippen LogP contribution in [0.25, 0.3) is 0 Å². The first-order valence-corrected chi connectivity index (χ1v) is 3.65. The number of primary amides is 2. The van der Waals surface area contributed by atoms with Crippen LogP contribution >= 0.6 is 0 Å². The van der Waals surface area contributed by atoms with Gasteiger partial charge in [0.2, 0.25) is 11.8 Å². The van der Waals surface area contributed by atoms with E-state index in [1.807, 2.05) is 6.92 Å². The van der Waals surface area contributed by atoms with Crippen LogP contribution in [0.5, 0.6) is 0 Å². The van der Waals surface area contributed by atoms with Gasteiger partial charge in [-0.2, -0.15) is 0 Å². The molecule has 0 bridgehead atoms. The summed E-state index contributed by atoms with van der Waals surface area (Å²) in [6, 6.07) is 0. The molecule has 4 N–H and O–H groups in total. The predicted molar refractivity (Wildman–Crippen MR) is 41.4 cm³/mol. The maximum atomic E-state index is 10.6. The Morgan fingerprint density at radius 1 is 1.36 bits per heavy atom. The van der Waals surface area contributed by atoms with Crippen molar-refractivity contribution in [3.05, 3.63) is 0 Å². The zero-order valence-corrected chi connectivity index (χ0v) is 6.67. The lowest BCUT2D eigenvalue weighted by atomic mass is 10.00. The molecule has 11 heavy (non-hydrogen) atoms. The third-order valence-corrected chi connectivity index (χ3v) is 1.63. The van der Waals surface area contributed by atoms with Crippen molar-refractivity contribution >= 4 is 11.8 Å². The molecule has 0 saturated carbocycles. The maximum absolute atomic E-state index is 10.6. The summed E-state index contributed by atoms with van der Waals surface area (Å²) in [5.41, 5.74) is 9.95. The van der Waals surface area contributed by atoms with Gasteiger partial charge in [-0.05, 0) is 12.8 Å². The molecule has 0 spiro atoms. The van der Waals surface area contributed by atoms with Gasteiger partial charge >= 0.3 is 0 Å². The molecule has 0 aliphatic carbocycles. The van der Waals surface area contributed by atoms with Crippen molar-refractivity contribution in [2.45, 2.75) is 26.2 Å². The van der Waals surface area contributed by atoms with Crippen LogP contribution in [0.4, 0.5) is 0 Å². The number of hydrogen-bond acceptors (Lipinski definition) is 2. The summed E-state index contributed by atoms with van der Waals surface area (Å²) in [4.78, 5) is 20.9. The molecule has 4 heteroatoms. The van der Waals surface area contributed by atoms with Crippen molar-refractivity contribution in [1.29, 1.82) is 0 Å². The number of carbonyl (C=O) groups is 2. The first-order chi connectivity index (χ1) is 5.07. The van der Waals surface area contributed by atoms with Gasteiger partial charge in [-0.25, -0.2) is 0 Å². The molecular weight excluding hydrogens is 144 g/mol. The lowest BCUT2D eigenvalue weighted by Gasteiger charge is -2.07. The largest absolute Gasteiger partial charge is 0.370 e. The fourth-order valence-electron chi connectivity index (χ4n) is 0.864. The molecule has 0 aromatic rings. The predicted octanol–water partition coefficient (Wildman–Crippen LogP) is -0.237. The summed E-state index contributed by atoms with van der Waals surface area (Å²) in [5, 5.41) is 0. The molecule has 0 saturated heterocycles. The van der Waals surface area contributed by atoms with Gasteiger partial charge in [-0.1, -0.05) is 6.92 Å². The highest BCUT2D eigenvalue weighted by molar-refractivity contribution is 5.78. The SMILES string of the molecule is CCC(CCC(N)=O)C(N)=O. The van der Waals surface area contributed by atoms with Gasteiger partial charge in [0, 0.05) is 12.3 Å². The van der Waals surface area contributed by atoms with Gasteiger partial charge < -0.3 is 11.5 Å². The zero-order chi connectivity index (χ0) is 8.85. The second kappa shape index (κ2) is 4.71. The van der Waals surface area contributed by atoms with E-state index in [2.05, 4.69) is 0 Å². The topological polar surface area (TPSA) is 86.2 Å². The molecule has 64 valence electrons. The van der Waals surface area contributed by atoms with E-state index in [9.17, 15) is 9.59 Å². The molecule has 2 amide bonds. The summed E-state index contributed by atoms with van der Waals surface area (Å²) < 4.78 is 0. The Hall–Kier alpha value is -1.06. The summed E-state index contributed by atoms with van der Waals surface area (Å²) >= 11 is 0. The average molecular weight is 158 g/mol. The van der Waals surface area contributed by atoms with E-state index in [0.29, 0.717) is 12.8 Å². The third-order valence-electron chi connectivity index (χ3n) is 1.63. The summed E-state index contributed by atoms with van der Waals surface area (Å²) in [5.74, 6) is -0.944. The second-order valence-corrected chi connectivity index (χ2v) is 2.51. The number of carbonyl (C=O) groups excluding carboxylic acids is 2. The Morgan fingerprint density at radius 3 is 2.18 bits per heavy atom. The van der Waals surface area contributed by atoms with Crippen molar-refractivity contribution in [3.63, 3.8) is 0 Å². The number of hydrogen-bond donors (Lipinski definition) is 2. The minimum atomic E-state index is -0.385. The molecule has 0 aromatic heterocycles. The van der Waals surface area contributed by atoms with Crippen molar-refractivity contribution in [1.82, 2.24) is 0 Å². The number of nitrogens with two attached hydrogens (primary N) is 2.